The van der Waals surface area contributed by atoms with E-state index in [4.69, 9.17) is 4.74 Å². The van der Waals surface area contributed by atoms with Crippen molar-refractivity contribution in [1.82, 2.24) is 9.29 Å². The molecule has 1 unspecified atom stereocenters. The highest BCUT2D eigenvalue weighted by Gasteiger charge is 2.34. The van der Waals surface area contributed by atoms with Gasteiger partial charge in [0.25, 0.3) is 10.0 Å². The summed E-state index contributed by atoms with van der Waals surface area (Å²) < 4.78 is 34.1. The van der Waals surface area contributed by atoms with E-state index in [-0.39, 0.29) is 6.10 Å². The number of thiophene rings is 1. The third kappa shape index (κ3) is 3.31. The standard InChI is InChI=1S/C17H15BrN2O3S2/c18-15-6-7-16(24-15)25(21,22)20-10-8-13(11-20)23-14-5-1-3-12-4-2-9-19-17(12)14/h1-7,9,13H,8,10-11H2. The van der Waals surface area contributed by atoms with Gasteiger partial charge in [0.2, 0.25) is 0 Å². The Morgan fingerprint density at radius 3 is 2.84 bits per heavy atom. The van der Waals surface area contributed by atoms with Gasteiger partial charge in [0.1, 0.15) is 21.6 Å². The molecule has 1 saturated heterocycles. The monoisotopic (exact) mass is 438 g/mol. The first-order valence-electron chi connectivity index (χ1n) is 7.80. The highest BCUT2D eigenvalue weighted by Crippen LogP contribution is 2.31. The molecule has 1 aliphatic rings. The number of para-hydroxylation sites is 1. The van der Waals surface area contributed by atoms with E-state index in [1.54, 1.807) is 18.3 Å². The number of rotatable bonds is 4. The quantitative estimate of drug-likeness (QED) is 0.619. The highest BCUT2D eigenvalue weighted by atomic mass is 79.9. The van der Waals surface area contributed by atoms with Gasteiger partial charge in [-0.15, -0.1) is 11.3 Å². The first-order chi connectivity index (χ1) is 12.0. The van der Waals surface area contributed by atoms with Gasteiger partial charge in [-0.3, -0.25) is 4.98 Å². The predicted octanol–water partition coefficient (Wildman–Crippen LogP) is 3.90. The van der Waals surface area contributed by atoms with E-state index in [2.05, 4.69) is 20.9 Å². The highest BCUT2D eigenvalue weighted by molar-refractivity contribution is 9.11. The fourth-order valence-corrected chi connectivity index (χ4v) is 6.58. The second-order valence-electron chi connectivity index (χ2n) is 5.78. The van der Waals surface area contributed by atoms with E-state index in [1.165, 1.54) is 15.6 Å². The molecule has 0 N–H and O–H groups in total. The lowest BCUT2D eigenvalue weighted by atomic mass is 10.2. The van der Waals surface area contributed by atoms with Crippen LogP contribution < -0.4 is 4.74 Å². The maximum absolute atomic E-state index is 12.7. The third-order valence-electron chi connectivity index (χ3n) is 4.14. The van der Waals surface area contributed by atoms with Crippen molar-refractivity contribution in [2.24, 2.45) is 0 Å². The van der Waals surface area contributed by atoms with Crippen LogP contribution in [0.25, 0.3) is 10.9 Å². The summed E-state index contributed by atoms with van der Waals surface area (Å²) in [4.78, 5) is 4.38. The van der Waals surface area contributed by atoms with Gasteiger partial charge in [-0.05, 0) is 46.6 Å². The predicted molar refractivity (Wildman–Crippen MR) is 102 cm³/mol. The van der Waals surface area contributed by atoms with E-state index in [0.29, 0.717) is 29.5 Å². The van der Waals surface area contributed by atoms with Crippen LogP contribution in [0, 0.1) is 0 Å². The van der Waals surface area contributed by atoms with Gasteiger partial charge in [-0.1, -0.05) is 18.2 Å². The lowest BCUT2D eigenvalue weighted by molar-refractivity contribution is 0.218. The SMILES string of the molecule is O=S(=O)(c1ccc(Br)s1)N1CCC(Oc2cccc3cccnc23)C1. The number of pyridine rings is 1. The maximum Gasteiger partial charge on any atom is 0.252 e. The number of benzene rings is 1. The molecule has 0 aliphatic carbocycles. The van der Waals surface area contributed by atoms with Crippen LogP contribution in [0.3, 0.4) is 0 Å². The number of fused-ring (bicyclic) bond motifs is 1. The zero-order chi connectivity index (χ0) is 17.4. The minimum absolute atomic E-state index is 0.175. The van der Waals surface area contributed by atoms with Gasteiger partial charge < -0.3 is 4.74 Å². The van der Waals surface area contributed by atoms with Crippen molar-refractivity contribution < 1.29 is 13.2 Å². The minimum atomic E-state index is -3.46. The van der Waals surface area contributed by atoms with Crippen molar-refractivity contribution in [3.05, 3.63) is 52.4 Å². The average molecular weight is 439 g/mol. The molecule has 4 rings (SSSR count). The molecule has 3 heterocycles. The van der Waals surface area contributed by atoms with E-state index < -0.39 is 10.0 Å². The number of ether oxygens (including phenoxy) is 1. The van der Waals surface area contributed by atoms with Crippen molar-refractivity contribution in [2.45, 2.75) is 16.7 Å². The second kappa shape index (κ2) is 6.68. The van der Waals surface area contributed by atoms with Gasteiger partial charge in [0.15, 0.2) is 0 Å². The number of nitrogens with zero attached hydrogens (tertiary/aromatic N) is 2. The molecule has 0 spiro atoms. The van der Waals surface area contributed by atoms with Gasteiger partial charge in [-0.2, -0.15) is 4.31 Å². The van der Waals surface area contributed by atoms with Crippen molar-refractivity contribution in [3.8, 4) is 5.75 Å². The number of sulfonamides is 1. The summed E-state index contributed by atoms with van der Waals surface area (Å²) in [7, 11) is -3.46. The summed E-state index contributed by atoms with van der Waals surface area (Å²) in [6.45, 7) is 0.807. The lowest BCUT2D eigenvalue weighted by Crippen LogP contribution is -2.30. The first-order valence-corrected chi connectivity index (χ1v) is 10.8. The summed E-state index contributed by atoms with van der Waals surface area (Å²) in [5.41, 5.74) is 0.800. The van der Waals surface area contributed by atoms with E-state index in [1.807, 2.05) is 30.3 Å². The van der Waals surface area contributed by atoms with Crippen LogP contribution in [0.2, 0.25) is 0 Å². The molecular formula is C17H15BrN2O3S2. The summed E-state index contributed by atoms with van der Waals surface area (Å²) in [6.07, 6.45) is 2.22. The van der Waals surface area contributed by atoms with Crippen LogP contribution in [0.15, 0.2) is 56.7 Å². The van der Waals surface area contributed by atoms with E-state index in [9.17, 15) is 8.42 Å². The summed E-state index contributed by atoms with van der Waals surface area (Å²) in [5, 5.41) is 1.01. The molecule has 5 nitrogen and oxygen atoms in total. The number of hydrogen-bond acceptors (Lipinski definition) is 5. The van der Waals surface area contributed by atoms with Crippen LogP contribution >= 0.6 is 27.3 Å². The van der Waals surface area contributed by atoms with Crippen molar-refractivity contribution in [1.29, 1.82) is 0 Å². The minimum Gasteiger partial charge on any atom is -0.487 e. The maximum atomic E-state index is 12.7. The first kappa shape index (κ1) is 17.0. The molecular weight excluding hydrogens is 424 g/mol. The number of hydrogen-bond donors (Lipinski definition) is 0. The molecule has 0 saturated carbocycles. The molecule has 0 bridgehead atoms. The molecule has 25 heavy (non-hydrogen) atoms. The van der Waals surface area contributed by atoms with Crippen LogP contribution in [0.1, 0.15) is 6.42 Å². The van der Waals surface area contributed by atoms with Crippen LogP contribution in [0.5, 0.6) is 5.75 Å². The molecule has 1 atom stereocenters. The van der Waals surface area contributed by atoms with Crippen molar-refractivity contribution in [2.75, 3.05) is 13.1 Å². The Kier molecular flexibility index (Phi) is 4.53. The zero-order valence-corrected chi connectivity index (χ0v) is 16.4. The van der Waals surface area contributed by atoms with E-state index >= 15 is 0 Å². The molecule has 0 amide bonds. The number of aromatic nitrogens is 1. The Labute approximate surface area is 158 Å². The van der Waals surface area contributed by atoms with Crippen molar-refractivity contribution in [3.63, 3.8) is 0 Å². The molecule has 0 radical (unpaired) electrons. The van der Waals surface area contributed by atoms with Crippen LogP contribution in [-0.4, -0.2) is 36.9 Å². The van der Waals surface area contributed by atoms with E-state index in [0.717, 1.165) is 14.7 Å². The van der Waals surface area contributed by atoms with Gasteiger partial charge in [-0.25, -0.2) is 8.42 Å². The third-order valence-corrected chi connectivity index (χ3v) is 8.10. The Hall–Kier alpha value is -1.48. The average Bonchev–Trinajstić information content (AvgIpc) is 3.25. The molecule has 1 aromatic carbocycles. The van der Waals surface area contributed by atoms with Gasteiger partial charge in [0.05, 0.1) is 10.3 Å². The topological polar surface area (TPSA) is 59.5 Å². The number of halogens is 1. The molecule has 3 aromatic rings. The molecule has 8 heteroatoms. The lowest BCUT2D eigenvalue weighted by Gasteiger charge is -2.17. The van der Waals surface area contributed by atoms with Gasteiger partial charge >= 0.3 is 0 Å². The van der Waals surface area contributed by atoms with Crippen molar-refractivity contribution >= 4 is 48.2 Å². The molecule has 2 aromatic heterocycles. The molecule has 1 fully saturated rings. The smallest absolute Gasteiger partial charge is 0.252 e. The Morgan fingerprint density at radius 2 is 2.04 bits per heavy atom. The van der Waals surface area contributed by atoms with Crippen LogP contribution in [0.4, 0.5) is 0 Å². The second-order valence-corrected chi connectivity index (χ2v) is 10.4. The normalized spacial score (nSPS) is 18.7. The summed E-state index contributed by atoms with van der Waals surface area (Å²) >= 11 is 4.54. The Morgan fingerprint density at radius 1 is 1.20 bits per heavy atom. The molecule has 130 valence electrons. The van der Waals surface area contributed by atoms with Gasteiger partial charge in [0, 0.05) is 18.1 Å². The molecule has 1 aliphatic heterocycles. The fraction of sp³-hybridized carbons (Fsp3) is 0.235. The summed E-state index contributed by atoms with van der Waals surface area (Å²) in [6, 6.07) is 13.0. The Bertz CT molecular complexity index is 1010. The summed E-state index contributed by atoms with van der Waals surface area (Å²) in [5.74, 6) is 0.696. The Balaban J connectivity index is 1.53. The van der Waals surface area contributed by atoms with Crippen LogP contribution in [-0.2, 0) is 10.0 Å². The largest absolute Gasteiger partial charge is 0.487 e. The fourth-order valence-electron chi connectivity index (χ4n) is 2.93. The zero-order valence-electron chi connectivity index (χ0n) is 13.1.